The first-order valence-corrected chi connectivity index (χ1v) is 7.64. The lowest BCUT2D eigenvalue weighted by molar-refractivity contribution is -0.444. The Balaban J connectivity index is 5.97. The van der Waals surface area contributed by atoms with Gasteiger partial charge in [-0.15, -0.1) is 0 Å². The molecule has 0 heterocycles. The molecule has 180 valence electrons. The summed E-state index contributed by atoms with van der Waals surface area (Å²) in [6, 6.07) is -1.80. The van der Waals surface area contributed by atoms with Crippen LogP contribution in [0.4, 0.5) is 57.1 Å². The fourth-order valence-corrected chi connectivity index (χ4v) is 1.97. The van der Waals surface area contributed by atoms with E-state index in [1.165, 1.54) is 12.2 Å². The minimum Gasteiger partial charge on any atom is -0.480 e. The standard InChI is InChI=1S/C13H14F13NO3/c1-2-3-5(7(29)30)27-4-6(28)8(14,15)9(16,17)10(18,19)11(20,21)12(22,23)13(24,25)26/h5-6,27-28H,2-4H2,1H3,(H,29,30)/t5-,6+/m0/s1. The number of carbonyl (C=O) groups is 1. The third-order valence-electron chi connectivity index (χ3n) is 3.81. The highest BCUT2D eigenvalue weighted by Gasteiger charge is 2.91. The van der Waals surface area contributed by atoms with E-state index in [1.54, 1.807) is 0 Å². The molecule has 0 spiro atoms. The zero-order valence-electron chi connectivity index (χ0n) is 14.5. The number of aliphatic carboxylic acids is 1. The summed E-state index contributed by atoms with van der Waals surface area (Å²) < 4.78 is 168. The second-order valence-corrected chi connectivity index (χ2v) is 6.02. The number of rotatable bonds is 11. The Kier molecular flexibility index (Phi) is 8.11. The lowest BCUT2D eigenvalue weighted by Gasteiger charge is -2.40. The predicted octanol–water partition coefficient (Wildman–Crippen LogP) is 3.93. The Morgan fingerprint density at radius 1 is 0.800 bits per heavy atom. The van der Waals surface area contributed by atoms with Gasteiger partial charge < -0.3 is 15.5 Å². The Hall–Kier alpha value is -1.52. The van der Waals surface area contributed by atoms with Crippen LogP contribution in [0.3, 0.4) is 0 Å². The van der Waals surface area contributed by atoms with Crippen LogP contribution in [0.25, 0.3) is 0 Å². The van der Waals surface area contributed by atoms with Gasteiger partial charge in [-0.25, -0.2) is 0 Å². The molecule has 0 aliphatic carbocycles. The quantitative estimate of drug-likeness (QED) is 0.393. The molecule has 0 fully saturated rings. The second kappa shape index (κ2) is 8.55. The van der Waals surface area contributed by atoms with Crippen LogP contribution in [0.1, 0.15) is 19.8 Å². The highest BCUT2D eigenvalue weighted by Crippen LogP contribution is 2.60. The van der Waals surface area contributed by atoms with Crippen LogP contribution in [0.15, 0.2) is 0 Å². The molecule has 0 radical (unpaired) electrons. The third-order valence-corrected chi connectivity index (χ3v) is 3.81. The topological polar surface area (TPSA) is 69.6 Å². The number of nitrogens with one attached hydrogen (secondary N) is 1. The van der Waals surface area contributed by atoms with Gasteiger partial charge in [0.15, 0.2) is 0 Å². The monoisotopic (exact) mass is 479 g/mol. The highest BCUT2D eigenvalue weighted by molar-refractivity contribution is 5.73. The van der Waals surface area contributed by atoms with Gasteiger partial charge in [-0.3, -0.25) is 4.79 Å². The maximum atomic E-state index is 13.6. The summed E-state index contributed by atoms with van der Waals surface area (Å²) >= 11 is 0. The molecule has 4 nitrogen and oxygen atoms in total. The van der Waals surface area contributed by atoms with E-state index >= 15 is 0 Å². The van der Waals surface area contributed by atoms with Crippen molar-refractivity contribution in [3.8, 4) is 0 Å². The second-order valence-electron chi connectivity index (χ2n) is 6.02. The molecule has 0 aromatic carbocycles. The van der Waals surface area contributed by atoms with E-state index in [1.807, 2.05) is 0 Å². The lowest BCUT2D eigenvalue weighted by Crippen LogP contribution is -2.72. The molecule has 0 aliphatic rings. The number of aliphatic hydroxyl groups excluding tert-OH is 1. The van der Waals surface area contributed by atoms with Crippen LogP contribution in [0.5, 0.6) is 0 Å². The molecule has 17 heteroatoms. The van der Waals surface area contributed by atoms with Crippen molar-refractivity contribution >= 4 is 5.97 Å². The summed E-state index contributed by atoms with van der Waals surface area (Å²) in [4.78, 5) is 10.8. The number of hydrogen-bond donors (Lipinski definition) is 3. The molecule has 0 aliphatic heterocycles. The molecule has 0 rings (SSSR count). The zero-order valence-corrected chi connectivity index (χ0v) is 14.5. The van der Waals surface area contributed by atoms with Crippen LogP contribution in [0.2, 0.25) is 0 Å². The molecule has 0 aromatic heterocycles. The van der Waals surface area contributed by atoms with Crippen LogP contribution in [0, 0.1) is 0 Å². The van der Waals surface area contributed by atoms with Crippen molar-refractivity contribution in [2.24, 2.45) is 0 Å². The summed E-state index contributed by atoms with van der Waals surface area (Å²) in [6.45, 7) is -0.586. The molecule has 0 unspecified atom stereocenters. The molecule has 0 saturated heterocycles. The first-order chi connectivity index (χ1) is 13.0. The van der Waals surface area contributed by atoms with Crippen molar-refractivity contribution < 1.29 is 72.1 Å². The van der Waals surface area contributed by atoms with Crippen molar-refractivity contribution in [2.75, 3.05) is 6.54 Å². The van der Waals surface area contributed by atoms with E-state index in [-0.39, 0.29) is 12.8 Å². The smallest absolute Gasteiger partial charge is 0.460 e. The third kappa shape index (κ3) is 4.55. The molecule has 3 N–H and O–H groups in total. The molecular weight excluding hydrogens is 465 g/mol. The van der Waals surface area contributed by atoms with Crippen LogP contribution >= 0.6 is 0 Å². The summed E-state index contributed by atoms with van der Waals surface area (Å²) in [6.07, 6.45) is -11.9. The van der Waals surface area contributed by atoms with E-state index in [4.69, 9.17) is 10.2 Å². The molecule has 30 heavy (non-hydrogen) atoms. The lowest BCUT2D eigenvalue weighted by atomic mass is 9.91. The minimum absolute atomic E-state index is 0.0451. The predicted molar refractivity (Wildman–Crippen MR) is 71.1 cm³/mol. The van der Waals surface area contributed by atoms with E-state index < -0.39 is 60.4 Å². The number of aliphatic hydroxyl groups is 1. The number of alkyl halides is 13. The van der Waals surface area contributed by atoms with Gasteiger partial charge in [-0.1, -0.05) is 13.3 Å². The largest absolute Gasteiger partial charge is 0.480 e. The zero-order chi connectivity index (χ0) is 24.6. The van der Waals surface area contributed by atoms with Crippen molar-refractivity contribution in [2.45, 2.75) is 67.7 Å². The van der Waals surface area contributed by atoms with E-state index in [0.29, 0.717) is 0 Å². The molecule has 0 bridgehead atoms. The molecule has 0 aromatic rings. The van der Waals surface area contributed by atoms with Gasteiger partial charge in [0.1, 0.15) is 12.1 Å². The Bertz CT molecular complexity index is 606. The number of carboxylic acid groups (broad SMARTS) is 1. The Morgan fingerprint density at radius 2 is 1.20 bits per heavy atom. The summed E-state index contributed by atoms with van der Waals surface area (Å²) in [5.74, 6) is -40.1. The van der Waals surface area contributed by atoms with Gasteiger partial charge in [0, 0.05) is 6.54 Å². The SMILES string of the molecule is CCC[C@H](NC[C@@H](O)C(F)(F)C(F)(F)C(F)(F)C(F)(F)C(F)(F)C(F)(F)F)C(=O)O. The van der Waals surface area contributed by atoms with Crippen molar-refractivity contribution in [1.82, 2.24) is 5.32 Å². The van der Waals surface area contributed by atoms with Gasteiger partial charge in [-0.05, 0) is 6.42 Å². The van der Waals surface area contributed by atoms with Crippen LogP contribution in [-0.4, -0.2) is 70.7 Å². The fraction of sp³-hybridized carbons (Fsp3) is 0.923. The number of hydrogen-bond acceptors (Lipinski definition) is 3. The van der Waals surface area contributed by atoms with E-state index in [0.717, 1.165) is 0 Å². The van der Waals surface area contributed by atoms with E-state index in [2.05, 4.69) is 0 Å². The first-order valence-electron chi connectivity index (χ1n) is 7.64. The average Bonchev–Trinajstić information content (AvgIpc) is 2.56. The van der Waals surface area contributed by atoms with E-state index in [9.17, 15) is 61.9 Å². The van der Waals surface area contributed by atoms with Crippen LogP contribution in [-0.2, 0) is 4.79 Å². The Morgan fingerprint density at radius 3 is 1.53 bits per heavy atom. The molecule has 0 amide bonds. The van der Waals surface area contributed by atoms with Gasteiger partial charge in [0.2, 0.25) is 0 Å². The fourth-order valence-electron chi connectivity index (χ4n) is 1.97. The number of carboxylic acids is 1. The summed E-state index contributed by atoms with van der Waals surface area (Å²) in [7, 11) is 0. The normalized spacial score (nSPS) is 17.0. The molecule has 2 atom stereocenters. The van der Waals surface area contributed by atoms with Crippen molar-refractivity contribution in [3.63, 3.8) is 0 Å². The first kappa shape index (κ1) is 28.5. The highest BCUT2D eigenvalue weighted by atomic mass is 19.4. The summed E-state index contributed by atoms with van der Waals surface area (Å²) in [5.41, 5.74) is 0. The number of halogens is 13. The van der Waals surface area contributed by atoms with Crippen molar-refractivity contribution in [1.29, 1.82) is 0 Å². The van der Waals surface area contributed by atoms with Gasteiger partial charge in [0.25, 0.3) is 0 Å². The molecule has 0 saturated carbocycles. The average molecular weight is 479 g/mol. The maximum Gasteiger partial charge on any atom is 0.460 e. The Labute approximate surface area is 159 Å². The summed E-state index contributed by atoms with van der Waals surface area (Å²) in [5, 5.41) is 19.2. The van der Waals surface area contributed by atoms with Crippen LogP contribution < -0.4 is 5.32 Å². The van der Waals surface area contributed by atoms with Gasteiger partial charge in [-0.2, -0.15) is 57.1 Å². The van der Waals surface area contributed by atoms with Crippen molar-refractivity contribution in [3.05, 3.63) is 0 Å². The molecular formula is C13H14F13NO3. The minimum atomic E-state index is -8.07. The van der Waals surface area contributed by atoms with Gasteiger partial charge >= 0.3 is 41.8 Å². The maximum absolute atomic E-state index is 13.6. The van der Waals surface area contributed by atoms with Gasteiger partial charge in [0.05, 0.1) is 0 Å².